The summed E-state index contributed by atoms with van der Waals surface area (Å²) in [7, 11) is 0. The summed E-state index contributed by atoms with van der Waals surface area (Å²) >= 11 is 1.59. The van der Waals surface area contributed by atoms with Crippen molar-refractivity contribution in [2.45, 2.75) is 26.3 Å². The highest BCUT2D eigenvalue weighted by Gasteiger charge is 2.47. The molecular formula is C15H20N4OS. The largest absolute Gasteiger partial charge is 0.349 e. The molecule has 2 aromatic rings. The maximum atomic E-state index is 12.5. The molecule has 1 aliphatic carbocycles. The molecule has 4 N–H and O–H groups in total. The molecule has 0 aromatic carbocycles. The zero-order valence-corrected chi connectivity index (χ0v) is 13.0. The Labute approximate surface area is 127 Å². The van der Waals surface area contributed by atoms with Crippen LogP contribution in [0.15, 0.2) is 23.7 Å². The predicted molar refractivity (Wildman–Crippen MR) is 84.1 cm³/mol. The number of carbonyl (C=O) groups excluding carboxylic acids is 1. The van der Waals surface area contributed by atoms with E-state index in [0.717, 1.165) is 17.0 Å². The Balaban J connectivity index is 1.75. The van der Waals surface area contributed by atoms with E-state index in [-0.39, 0.29) is 17.4 Å². The molecule has 2 aromatic heterocycles. The molecule has 0 aliphatic heterocycles. The molecule has 2 heterocycles. The number of H-pyrrole nitrogens is 1. The smallest absolute Gasteiger partial charge is 0.255 e. The van der Waals surface area contributed by atoms with Crippen LogP contribution in [0.1, 0.15) is 30.6 Å². The Hall–Kier alpha value is -1.66. The number of aromatic amines is 1. The molecule has 0 spiro atoms. The molecule has 2 atom stereocenters. The van der Waals surface area contributed by atoms with Crippen LogP contribution in [0, 0.1) is 11.3 Å². The van der Waals surface area contributed by atoms with Gasteiger partial charge in [-0.05, 0) is 35.7 Å². The van der Waals surface area contributed by atoms with E-state index in [1.807, 2.05) is 17.5 Å². The summed E-state index contributed by atoms with van der Waals surface area (Å²) in [6, 6.07) is 4.11. The molecule has 1 fully saturated rings. The molecule has 112 valence electrons. The second-order valence-electron chi connectivity index (χ2n) is 6.15. The van der Waals surface area contributed by atoms with Crippen molar-refractivity contribution < 1.29 is 4.79 Å². The molecule has 5 nitrogen and oxygen atoms in total. The highest BCUT2D eigenvalue weighted by molar-refractivity contribution is 7.13. The van der Waals surface area contributed by atoms with Gasteiger partial charge < -0.3 is 11.1 Å². The van der Waals surface area contributed by atoms with E-state index >= 15 is 0 Å². The zero-order valence-electron chi connectivity index (χ0n) is 12.2. The van der Waals surface area contributed by atoms with Crippen molar-refractivity contribution >= 4 is 17.2 Å². The van der Waals surface area contributed by atoms with Gasteiger partial charge in [0.15, 0.2) is 0 Å². The first-order chi connectivity index (χ1) is 10.0. The molecule has 0 bridgehead atoms. The lowest BCUT2D eigenvalue weighted by Gasteiger charge is -2.52. The van der Waals surface area contributed by atoms with Crippen LogP contribution < -0.4 is 11.1 Å². The van der Waals surface area contributed by atoms with Gasteiger partial charge in [-0.1, -0.05) is 19.9 Å². The van der Waals surface area contributed by atoms with Gasteiger partial charge in [-0.15, -0.1) is 11.3 Å². The number of aromatic nitrogens is 2. The second-order valence-corrected chi connectivity index (χ2v) is 7.10. The maximum absolute atomic E-state index is 12.5. The molecule has 1 amide bonds. The number of nitrogens with one attached hydrogen (secondary N) is 2. The van der Waals surface area contributed by atoms with Gasteiger partial charge >= 0.3 is 0 Å². The molecular weight excluding hydrogens is 284 g/mol. The molecule has 1 saturated carbocycles. The summed E-state index contributed by atoms with van der Waals surface area (Å²) in [4.78, 5) is 13.5. The SMILES string of the molecule is CC1(C)C(CN)CC1NC(=O)c1cn[nH]c1-c1cccs1. The van der Waals surface area contributed by atoms with E-state index < -0.39 is 0 Å². The highest BCUT2D eigenvalue weighted by atomic mass is 32.1. The number of thiophene rings is 1. The summed E-state index contributed by atoms with van der Waals surface area (Å²) in [5, 5.41) is 12.0. The fraction of sp³-hybridized carbons (Fsp3) is 0.467. The summed E-state index contributed by atoms with van der Waals surface area (Å²) in [5.74, 6) is 0.407. The Morgan fingerprint density at radius 2 is 2.43 bits per heavy atom. The van der Waals surface area contributed by atoms with Gasteiger partial charge in [-0.25, -0.2) is 0 Å². The third kappa shape index (κ3) is 2.38. The number of carbonyl (C=O) groups is 1. The molecule has 0 radical (unpaired) electrons. The van der Waals surface area contributed by atoms with E-state index in [4.69, 9.17) is 5.73 Å². The van der Waals surface area contributed by atoms with Gasteiger partial charge in [0.2, 0.25) is 0 Å². The van der Waals surface area contributed by atoms with E-state index in [1.54, 1.807) is 17.5 Å². The first-order valence-corrected chi connectivity index (χ1v) is 8.00. The minimum absolute atomic E-state index is 0.0528. The quantitative estimate of drug-likeness (QED) is 0.810. The standard InChI is InChI=1S/C15H20N4OS/c1-15(2)9(7-16)6-12(15)18-14(20)10-8-17-19-13(10)11-4-3-5-21-11/h3-5,8-9,12H,6-7,16H2,1-2H3,(H,17,19)(H,18,20). The van der Waals surface area contributed by atoms with Gasteiger partial charge in [0.1, 0.15) is 0 Å². The highest BCUT2D eigenvalue weighted by Crippen LogP contribution is 2.45. The number of nitrogens with two attached hydrogens (primary N) is 1. The number of hydrogen-bond donors (Lipinski definition) is 3. The van der Waals surface area contributed by atoms with Crippen molar-refractivity contribution in [3.8, 4) is 10.6 Å². The Bertz CT molecular complexity index is 632. The van der Waals surface area contributed by atoms with Crippen LogP contribution in [-0.4, -0.2) is 28.7 Å². The summed E-state index contributed by atoms with van der Waals surface area (Å²) in [5.41, 5.74) is 7.20. The third-order valence-corrected chi connectivity index (χ3v) is 5.60. The first kappa shape index (κ1) is 14.3. The Kier molecular flexibility index (Phi) is 3.59. The lowest BCUT2D eigenvalue weighted by molar-refractivity contribution is 0.0200. The molecule has 1 aliphatic rings. The average molecular weight is 304 g/mol. The molecule has 6 heteroatoms. The summed E-state index contributed by atoms with van der Waals surface area (Å²) in [6.45, 7) is 4.99. The molecule has 0 saturated heterocycles. The van der Waals surface area contributed by atoms with Crippen LogP contribution in [0.5, 0.6) is 0 Å². The average Bonchev–Trinajstić information content (AvgIpc) is 3.11. The number of rotatable bonds is 4. The van der Waals surface area contributed by atoms with Crippen LogP contribution in [0.3, 0.4) is 0 Å². The van der Waals surface area contributed by atoms with E-state index in [1.165, 1.54) is 0 Å². The molecule has 3 rings (SSSR count). The fourth-order valence-electron chi connectivity index (χ4n) is 2.96. The van der Waals surface area contributed by atoms with Gasteiger partial charge in [0.25, 0.3) is 5.91 Å². The number of hydrogen-bond acceptors (Lipinski definition) is 4. The number of amides is 1. The van der Waals surface area contributed by atoms with E-state index in [2.05, 4.69) is 29.4 Å². The van der Waals surface area contributed by atoms with Crippen LogP contribution >= 0.6 is 11.3 Å². The van der Waals surface area contributed by atoms with Crippen molar-refractivity contribution in [2.75, 3.05) is 6.54 Å². The van der Waals surface area contributed by atoms with Crippen LogP contribution in [0.4, 0.5) is 0 Å². The number of nitrogens with zero attached hydrogens (tertiary/aromatic N) is 1. The maximum Gasteiger partial charge on any atom is 0.255 e. The van der Waals surface area contributed by atoms with Crippen molar-refractivity contribution in [2.24, 2.45) is 17.1 Å². The Morgan fingerprint density at radius 3 is 3.05 bits per heavy atom. The van der Waals surface area contributed by atoms with E-state index in [0.29, 0.717) is 18.0 Å². The predicted octanol–water partition coefficient (Wildman–Crippen LogP) is 2.24. The molecule has 2 unspecified atom stereocenters. The van der Waals surface area contributed by atoms with E-state index in [9.17, 15) is 4.79 Å². The minimum atomic E-state index is -0.0688. The Morgan fingerprint density at radius 1 is 1.62 bits per heavy atom. The van der Waals surface area contributed by atoms with Gasteiger partial charge in [0, 0.05) is 6.04 Å². The summed E-state index contributed by atoms with van der Waals surface area (Å²) in [6.07, 6.45) is 2.54. The van der Waals surface area contributed by atoms with Gasteiger partial charge in [0.05, 0.1) is 22.3 Å². The lowest BCUT2D eigenvalue weighted by atomic mass is 9.58. The van der Waals surface area contributed by atoms with Gasteiger partial charge in [-0.3, -0.25) is 9.89 Å². The zero-order chi connectivity index (χ0) is 15.0. The lowest BCUT2D eigenvalue weighted by Crippen LogP contribution is -2.60. The normalized spacial score (nSPS) is 23.6. The van der Waals surface area contributed by atoms with Gasteiger partial charge in [-0.2, -0.15) is 5.10 Å². The van der Waals surface area contributed by atoms with Crippen molar-refractivity contribution in [1.29, 1.82) is 0 Å². The monoisotopic (exact) mass is 304 g/mol. The topological polar surface area (TPSA) is 83.8 Å². The van der Waals surface area contributed by atoms with Crippen LogP contribution in [0.2, 0.25) is 0 Å². The van der Waals surface area contributed by atoms with Crippen LogP contribution in [-0.2, 0) is 0 Å². The minimum Gasteiger partial charge on any atom is -0.349 e. The van der Waals surface area contributed by atoms with Crippen molar-refractivity contribution in [1.82, 2.24) is 15.5 Å². The molecule has 21 heavy (non-hydrogen) atoms. The second kappa shape index (κ2) is 5.27. The van der Waals surface area contributed by atoms with Crippen LogP contribution in [0.25, 0.3) is 10.6 Å². The van der Waals surface area contributed by atoms with Crippen molar-refractivity contribution in [3.63, 3.8) is 0 Å². The fourth-order valence-corrected chi connectivity index (χ4v) is 3.70. The van der Waals surface area contributed by atoms with Crippen molar-refractivity contribution in [3.05, 3.63) is 29.3 Å². The third-order valence-electron chi connectivity index (χ3n) is 4.71. The first-order valence-electron chi connectivity index (χ1n) is 7.12. The summed E-state index contributed by atoms with van der Waals surface area (Å²) < 4.78 is 0.